The van der Waals surface area contributed by atoms with Gasteiger partial charge in [-0.25, -0.2) is 19.2 Å². The molecule has 0 aromatic rings. The Labute approximate surface area is 149 Å². The summed E-state index contributed by atoms with van der Waals surface area (Å²) < 4.78 is 0. The highest BCUT2D eigenvalue weighted by Gasteiger charge is 2.24. The molecule has 0 aromatic carbocycles. The molecule has 0 aromatic heterocycles. The highest BCUT2D eigenvalue weighted by atomic mass is 16.4. The number of aliphatic carboxylic acids is 3. The van der Waals surface area contributed by atoms with E-state index in [0.717, 1.165) is 0 Å². The van der Waals surface area contributed by atoms with Crippen LogP contribution in [0.25, 0.3) is 0 Å². The van der Waals surface area contributed by atoms with E-state index in [4.69, 9.17) is 15.3 Å². The van der Waals surface area contributed by atoms with Crippen molar-refractivity contribution in [2.75, 3.05) is 6.54 Å². The van der Waals surface area contributed by atoms with E-state index in [9.17, 15) is 24.0 Å². The molecule has 0 rings (SSSR count). The molecule has 4 amide bonds. The molecule has 7 N–H and O–H groups in total. The lowest BCUT2D eigenvalue weighted by Gasteiger charge is -2.18. The highest BCUT2D eigenvalue weighted by Crippen LogP contribution is 1.99. The Hall–Kier alpha value is -3.05. The molecule has 0 aliphatic heterocycles. The quantitative estimate of drug-likeness (QED) is 0.242. The summed E-state index contributed by atoms with van der Waals surface area (Å²) in [4.78, 5) is 55.8. The van der Waals surface area contributed by atoms with Crippen molar-refractivity contribution in [3.8, 4) is 0 Å². The molecule has 12 heteroatoms. The van der Waals surface area contributed by atoms with Crippen molar-refractivity contribution in [1.82, 2.24) is 21.3 Å². The van der Waals surface area contributed by atoms with E-state index in [1.165, 1.54) is 0 Å². The monoisotopic (exact) mass is 376 g/mol. The average Bonchev–Trinajstić information content (AvgIpc) is 2.48. The van der Waals surface area contributed by atoms with Gasteiger partial charge >= 0.3 is 30.0 Å². The molecule has 148 valence electrons. The van der Waals surface area contributed by atoms with E-state index in [-0.39, 0.29) is 25.4 Å². The van der Waals surface area contributed by atoms with Crippen molar-refractivity contribution in [2.45, 2.75) is 51.2 Å². The van der Waals surface area contributed by atoms with Gasteiger partial charge in [0.15, 0.2) is 0 Å². The Balaban J connectivity index is 4.52. The number of carboxylic acids is 3. The van der Waals surface area contributed by atoms with Gasteiger partial charge in [0, 0.05) is 19.0 Å². The molecule has 2 unspecified atom stereocenters. The molecule has 12 nitrogen and oxygen atoms in total. The Morgan fingerprint density at radius 1 is 0.769 bits per heavy atom. The van der Waals surface area contributed by atoms with E-state index in [1.54, 1.807) is 13.8 Å². The van der Waals surface area contributed by atoms with Gasteiger partial charge in [0.2, 0.25) is 0 Å². The van der Waals surface area contributed by atoms with E-state index < -0.39 is 48.5 Å². The summed E-state index contributed by atoms with van der Waals surface area (Å²) in [6, 6.07) is -4.51. The van der Waals surface area contributed by atoms with Gasteiger partial charge in [-0.3, -0.25) is 4.79 Å². The minimum absolute atomic E-state index is 0.0445. The van der Waals surface area contributed by atoms with Gasteiger partial charge < -0.3 is 36.6 Å². The van der Waals surface area contributed by atoms with E-state index in [1.807, 2.05) is 5.32 Å². The van der Waals surface area contributed by atoms with Crippen LogP contribution < -0.4 is 21.3 Å². The fourth-order valence-electron chi connectivity index (χ4n) is 1.78. The van der Waals surface area contributed by atoms with Crippen LogP contribution in [0.15, 0.2) is 0 Å². The van der Waals surface area contributed by atoms with Gasteiger partial charge in [-0.2, -0.15) is 0 Å². The number of carbonyl (C=O) groups excluding carboxylic acids is 2. The number of hydrogen-bond donors (Lipinski definition) is 7. The van der Waals surface area contributed by atoms with Crippen molar-refractivity contribution >= 4 is 30.0 Å². The standard InChI is InChI=1S/C14H24N4O8/c1-7(2)16-13(25)15-6-5-9(12(23)24)18-14(26)17-8(11(21)22)3-4-10(19)20/h7-9H,3-6H2,1-2H3,(H,19,20)(H,21,22)(H,23,24)(H2,15,16,25)(H2,17,18,26). The van der Waals surface area contributed by atoms with Crippen LogP contribution in [0.3, 0.4) is 0 Å². The van der Waals surface area contributed by atoms with Crippen molar-refractivity contribution < 1.29 is 39.3 Å². The Kier molecular flexibility index (Phi) is 10.1. The van der Waals surface area contributed by atoms with Crippen LogP contribution in [0.4, 0.5) is 9.59 Å². The number of hydrogen-bond acceptors (Lipinski definition) is 5. The molecule has 26 heavy (non-hydrogen) atoms. The summed E-state index contributed by atoms with van der Waals surface area (Å²) in [5.41, 5.74) is 0. The minimum Gasteiger partial charge on any atom is -0.481 e. The van der Waals surface area contributed by atoms with Crippen LogP contribution in [0.2, 0.25) is 0 Å². The molecule has 0 aliphatic carbocycles. The summed E-state index contributed by atoms with van der Waals surface area (Å²) in [7, 11) is 0. The van der Waals surface area contributed by atoms with Crippen molar-refractivity contribution in [3.05, 3.63) is 0 Å². The van der Waals surface area contributed by atoms with Crippen LogP contribution in [-0.2, 0) is 14.4 Å². The second-order valence-corrected chi connectivity index (χ2v) is 5.68. The number of nitrogens with one attached hydrogen (secondary N) is 4. The predicted molar refractivity (Wildman–Crippen MR) is 87.7 cm³/mol. The second-order valence-electron chi connectivity index (χ2n) is 5.68. The maximum absolute atomic E-state index is 11.8. The van der Waals surface area contributed by atoms with Crippen molar-refractivity contribution in [3.63, 3.8) is 0 Å². The summed E-state index contributed by atoms with van der Waals surface area (Å²) >= 11 is 0. The Bertz CT molecular complexity index is 537. The molecule has 0 aliphatic rings. The number of rotatable bonds is 11. The zero-order valence-electron chi connectivity index (χ0n) is 14.4. The third kappa shape index (κ3) is 10.7. The number of carbonyl (C=O) groups is 5. The maximum Gasteiger partial charge on any atom is 0.326 e. The third-order valence-electron chi connectivity index (χ3n) is 2.99. The lowest BCUT2D eigenvalue weighted by Crippen LogP contribution is -2.52. The molecule has 0 heterocycles. The second kappa shape index (κ2) is 11.5. The lowest BCUT2D eigenvalue weighted by atomic mass is 10.1. The van der Waals surface area contributed by atoms with Crippen molar-refractivity contribution in [2.24, 2.45) is 0 Å². The van der Waals surface area contributed by atoms with Gasteiger partial charge in [-0.05, 0) is 26.7 Å². The first-order chi connectivity index (χ1) is 12.0. The van der Waals surface area contributed by atoms with Gasteiger partial charge in [0.25, 0.3) is 0 Å². The summed E-state index contributed by atoms with van der Waals surface area (Å²) in [5, 5.41) is 35.6. The smallest absolute Gasteiger partial charge is 0.326 e. The van der Waals surface area contributed by atoms with Gasteiger partial charge in [-0.15, -0.1) is 0 Å². The molecule has 0 radical (unpaired) electrons. The molecule has 0 bridgehead atoms. The van der Waals surface area contributed by atoms with Gasteiger partial charge in [0.1, 0.15) is 12.1 Å². The average molecular weight is 376 g/mol. The molecule has 0 spiro atoms. The number of urea groups is 2. The summed E-state index contributed by atoms with van der Waals surface area (Å²) in [6.45, 7) is 3.45. The summed E-state index contributed by atoms with van der Waals surface area (Å²) in [5.74, 6) is -4.04. The molecule has 0 fully saturated rings. The van der Waals surface area contributed by atoms with E-state index in [2.05, 4.69) is 16.0 Å². The first kappa shape index (κ1) is 22.9. The Morgan fingerprint density at radius 2 is 1.27 bits per heavy atom. The molecular formula is C14H24N4O8. The zero-order chi connectivity index (χ0) is 20.3. The number of amides is 4. The van der Waals surface area contributed by atoms with Crippen LogP contribution in [0.5, 0.6) is 0 Å². The van der Waals surface area contributed by atoms with Crippen LogP contribution >= 0.6 is 0 Å². The molecule has 0 saturated carbocycles. The van der Waals surface area contributed by atoms with Crippen LogP contribution in [-0.4, -0.2) is 70.0 Å². The first-order valence-corrected chi connectivity index (χ1v) is 7.81. The van der Waals surface area contributed by atoms with E-state index in [0.29, 0.717) is 0 Å². The largest absolute Gasteiger partial charge is 0.481 e. The normalized spacial score (nSPS) is 12.6. The van der Waals surface area contributed by atoms with Gasteiger partial charge in [0.05, 0.1) is 0 Å². The maximum atomic E-state index is 11.8. The third-order valence-corrected chi connectivity index (χ3v) is 2.99. The Morgan fingerprint density at radius 3 is 1.69 bits per heavy atom. The molecule has 0 saturated heterocycles. The lowest BCUT2D eigenvalue weighted by molar-refractivity contribution is -0.140. The predicted octanol–water partition coefficient (Wildman–Crippen LogP) is -0.845. The van der Waals surface area contributed by atoms with Crippen LogP contribution in [0.1, 0.15) is 33.1 Å². The fourth-order valence-corrected chi connectivity index (χ4v) is 1.78. The highest BCUT2D eigenvalue weighted by molar-refractivity contribution is 5.86. The molecule has 2 atom stereocenters. The SMILES string of the molecule is CC(C)NC(=O)NCCC(NC(=O)NC(CCC(=O)O)C(=O)O)C(=O)O. The fraction of sp³-hybridized carbons (Fsp3) is 0.643. The van der Waals surface area contributed by atoms with Crippen molar-refractivity contribution in [1.29, 1.82) is 0 Å². The van der Waals surface area contributed by atoms with E-state index >= 15 is 0 Å². The minimum atomic E-state index is -1.48. The zero-order valence-corrected chi connectivity index (χ0v) is 14.4. The number of carboxylic acid groups (broad SMARTS) is 3. The van der Waals surface area contributed by atoms with Crippen LogP contribution in [0, 0.1) is 0 Å². The summed E-state index contributed by atoms with van der Waals surface area (Å²) in [6.07, 6.45) is -0.970. The van der Waals surface area contributed by atoms with Gasteiger partial charge in [-0.1, -0.05) is 0 Å². The first-order valence-electron chi connectivity index (χ1n) is 7.81. The molecular weight excluding hydrogens is 352 g/mol. The topological polar surface area (TPSA) is 194 Å².